The van der Waals surface area contributed by atoms with Crippen molar-refractivity contribution in [3.05, 3.63) is 36.5 Å². The zero-order valence-electron chi connectivity index (χ0n) is 41.1. The fourth-order valence-corrected chi connectivity index (χ4v) is 7.87. The van der Waals surface area contributed by atoms with E-state index < -0.39 is 32.5 Å². The average molecular weight is 897 g/mol. The Morgan fingerprint density at radius 3 is 1.35 bits per heavy atom. The van der Waals surface area contributed by atoms with Crippen LogP contribution in [0.5, 0.6) is 0 Å². The van der Waals surface area contributed by atoms with Gasteiger partial charge in [0.1, 0.15) is 19.8 Å². The number of carbonyl (C=O) groups is 2. The molecule has 0 saturated heterocycles. The molecular weight excluding hydrogens is 798 g/mol. The fourth-order valence-electron chi connectivity index (χ4n) is 7.13. The van der Waals surface area contributed by atoms with Gasteiger partial charge >= 0.3 is 19.8 Å². The number of unbranched alkanes of at least 4 members (excludes halogenated alkanes) is 28. The highest BCUT2D eigenvalue weighted by Crippen LogP contribution is 2.43. The maximum absolute atomic E-state index is 12.7. The first-order valence-electron chi connectivity index (χ1n) is 25.7. The molecule has 0 radical (unpaired) electrons. The van der Waals surface area contributed by atoms with Gasteiger partial charge in [0.15, 0.2) is 6.10 Å². The van der Waals surface area contributed by atoms with Crippen molar-refractivity contribution in [2.24, 2.45) is 0 Å². The second-order valence-corrected chi connectivity index (χ2v) is 20.0. The molecule has 0 aliphatic heterocycles. The molecule has 0 aliphatic rings. The highest BCUT2D eigenvalue weighted by atomic mass is 31.2. The van der Waals surface area contributed by atoms with Crippen LogP contribution in [-0.2, 0) is 32.7 Å². The standard InChI is InChI=1S/C52H98NO8P/c1-6-8-10-12-14-16-18-20-22-23-24-25-26-27-28-29-31-32-34-36-38-40-42-44-51(54)58-48-50(49-60-62(56,57)59-47-46-53(3,4)5)61-52(55)45-43-41-39-37-35-33-30-21-19-17-15-13-11-9-7-2/h17,19,21,30,36,38,50H,6-16,18,20,22-29,31-35,37,39-49H2,1-5H3/p+1/b19-17+,30-21+,38-36+/t50-/m0/s1. The minimum atomic E-state index is -4.39. The van der Waals surface area contributed by atoms with Crippen molar-refractivity contribution in [1.29, 1.82) is 0 Å². The van der Waals surface area contributed by atoms with E-state index >= 15 is 0 Å². The SMILES string of the molecule is CCCCCC/C=C/C=C/CCCCCCCC(=O)O[C@@H](COC(=O)CCC/C=C/CCCCCCCCCCCCCCCCCCCC)COP(=O)(O)OCC[N+](C)(C)C. The number of ether oxygens (including phenoxy) is 2. The molecule has 0 fully saturated rings. The van der Waals surface area contributed by atoms with Crippen LogP contribution in [0.25, 0.3) is 0 Å². The Balaban J connectivity index is 4.24. The van der Waals surface area contributed by atoms with E-state index in [4.69, 9.17) is 18.5 Å². The van der Waals surface area contributed by atoms with Crippen molar-refractivity contribution in [2.45, 2.75) is 238 Å². The highest BCUT2D eigenvalue weighted by molar-refractivity contribution is 7.47. The summed E-state index contributed by atoms with van der Waals surface area (Å²) in [5.41, 5.74) is 0. The number of rotatable bonds is 47. The van der Waals surface area contributed by atoms with Gasteiger partial charge in [-0.25, -0.2) is 4.57 Å². The summed E-state index contributed by atoms with van der Waals surface area (Å²) in [6.45, 7) is 4.38. The first-order valence-corrected chi connectivity index (χ1v) is 27.2. The Morgan fingerprint density at radius 1 is 0.500 bits per heavy atom. The van der Waals surface area contributed by atoms with Crippen molar-refractivity contribution >= 4 is 19.8 Å². The van der Waals surface area contributed by atoms with Crippen molar-refractivity contribution in [3.8, 4) is 0 Å². The van der Waals surface area contributed by atoms with Gasteiger partial charge in [0, 0.05) is 12.8 Å². The minimum absolute atomic E-state index is 0.0251. The number of phosphoric acid groups is 1. The Hall–Kier alpha value is -1.77. The number of carbonyl (C=O) groups excluding carboxylic acids is 2. The molecular formula is C52H99NO8P+. The third kappa shape index (κ3) is 47.7. The zero-order chi connectivity index (χ0) is 45.7. The van der Waals surface area contributed by atoms with Gasteiger partial charge in [0.2, 0.25) is 0 Å². The topological polar surface area (TPSA) is 108 Å². The summed E-state index contributed by atoms with van der Waals surface area (Å²) in [5, 5.41) is 0. The van der Waals surface area contributed by atoms with Gasteiger partial charge in [-0.3, -0.25) is 18.6 Å². The molecule has 1 unspecified atom stereocenters. The zero-order valence-corrected chi connectivity index (χ0v) is 42.0. The largest absolute Gasteiger partial charge is 0.472 e. The van der Waals surface area contributed by atoms with E-state index in [1.165, 1.54) is 141 Å². The van der Waals surface area contributed by atoms with Crippen molar-refractivity contribution in [2.75, 3.05) is 47.5 Å². The highest BCUT2D eigenvalue weighted by Gasteiger charge is 2.27. The molecule has 364 valence electrons. The molecule has 0 aromatic rings. The van der Waals surface area contributed by atoms with Crippen LogP contribution in [0.4, 0.5) is 0 Å². The normalized spacial score (nSPS) is 13.7. The summed E-state index contributed by atoms with van der Waals surface area (Å²) >= 11 is 0. The van der Waals surface area contributed by atoms with Crippen LogP contribution < -0.4 is 0 Å². The quantitative estimate of drug-likeness (QED) is 0.0161. The predicted octanol–water partition coefficient (Wildman–Crippen LogP) is 15.3. The number of quaternary nitrogens is 1. The summed E-state index contributed by atoms with van der Waals surface area (Å²) in [6, 6.07) is 0. The monoisotopic (exact) mass is 897 g/mol. The second-order valence-electron chi connectivity index (χ2n) is 18.6. The Bertz CT molecular complexity index is 1150. The van der Waals surface area contributed by atoms with Crippen LogP contribution in [0.2, 0.25) is 0 Å². The molecule has 0 heterocycles. The fraction of sp³-hybridized carbons (Fsp3) is 0.846. The van der Waals surface area contributed by atoms with Crippen LogP contribution in [0.1, 0.15) is 232 Å². The van der Waals surface area contributed by atoms with Gasteiger partial charge in [0.25, 0.3) is 0 Å². The maximum atomic E-state index is 12.7. The van der Waals surface area contributed by atoms with Gasteiger partial charge in [-0.15, -0.1) is 0 Å². The van der Waals surface area contributed by atoms with E-state index in [0.29, 0.717) is 23.9 Å². The predicted molar refractivity (Wildman–Crippen MR) is 261 cm³/mol. The number of phosphoric ester groups is 1. The van der Waals surface area contributed by atoms with Crippen molar-refractivity contribution in [3.63, 3.8) is 0 Å². The molecule has 0 spiro atoms. The Labute approximate surface area is 382 Å². The minimum Gasteiger partial charge on any atom is -0.462 e. The third-order valence-electron chi connectivity index (χ3n) is 11.2. The lowest BCUT2D eigenvalue weighted by molar-refractivity contribution is -0.870. The Morgan fingerprint density at radius 2 is 0.887 bits per heavy atom. The third-order valence-corrected chi connectivity index (χ3v) is 12.2. The number of hydrogen-bond acceptors (Lipinski definition) is 7. The van der Waals surface area contributed by atoms with Gasteiger partial charge in [-0.1, -0.05) is 198 Å². The van der Waals surface area contributed by atoms with Crippen molar-refractivity contribution in [1.82, 2.24) is 0 Å². The lowest BCUT2D eigenvalue weighted by Crippen LogP contribution is -2.37. The van der Waals surface area contributed by atoms with Gasteiger partial charge < -0.3 is 18.9 Å². The molecule has 2 atom stereocenters. The van der Waals surface area contributed by atoms with Crippen LogP contribution >= 0.6 is 7.82 Å². The summed E-state index contributed by atoms with van der Waals surface area (Å²) in [5.74, 6) is -0.847. The molecule has 1 N–H and O–H groups in total. The van der Waals surface area contributed by atoms with Crippen LogP contribution in [0, 0.1) is 0 Å². The maximum Gasteiger partial charge on any atom is 0.472 e. The molecule has 0 aliphatic carbocycles. The molecule has 0 bridgehead atoms. The first-order chi connectivity index (χ1) is 30.0. The van der Waals surface area contributed by atoms with Gasteiger partial charge in [-0.2, -0.15) is 0 Å². The van der Waals surface area contributed by atoms with Crippen LogP contribution in [-0.4, -0.2) is 74.9 Å². The molecule has 62 heavy (non-hydrogen) atoms. The van der Waals surface area contributed by atoms with Gasteiger partial charge in [0.05, 0.1) is 27.7 Å². The summed E-state index contributed by atoms with van der Waals surface area (Å²) in [6.07, 6.45) is 52.1. The summed E-state index contributed by atoms with van der Waals surface area (Å²) < 4.78 is 34.4. The molecule has 0 aromatic heterocycles. The lowest BCUT2D eigenvalue weighted by Gasteiger charge is -2.24. The van der Waals surface area contributed by atoms with Crippen molar-refractivity contribution < 1.29 is 42.1 Å². The number of nitrogens with zero attached hydrogens (tertiary/aromatic N) is 1. The summed E-state index contributed by atoms with van der Waals surface area (Å²) in [7, 11) is 1.46. The smallest absolute Gasteiger partial charge is 0.462 e. The van der Waals surface area contributed by atoms with E-state index in [1.807, 2.05) is 21.1 Å². The Kier molecular flexibility index (Phi) is 43.2. The second kappa shape index (κ2) is 44.4. The molecule has 0 saturated carbocycles. The first kappa shape index (κ1) is 60.2. The van der Waals surface area contributed by atoms with Crippen LogP contribution in [0.15, 0.2) is 36.5 Å². The number of esters is 2. The molecule has 0 aromatic carbocycles. The van der Waals surface area contributed by atoms with E-state index in [0.717, 1.165) is 51.4 Å². The molecule has 9 nitrogen and oxygen atoms in total. The van der Waals surface area contributed by atoms with Crippen LogP contribution in [0.3, 0.4) is 0 Å². The van der Waals surface area contributed by atoms with E-state index in [-0.39, 0.29) is 26.1 Å². The average Bonchev–Trinajstić information content (AvgIpc) is 3.23. The number of likely N-dealkylation sites (N-methyl/N-ethyl adjacent to an activating group) is 1. The number of allylic oxidation sites excluding steroid dienone is 6. The summed E-state index contributed by atoms with van der Waals surface area (Å²) in [4.78, 5) is 35.5. The number of hydrogen-bond donors (Lipinski definition) is 1. The van der Waals surface area contributed by atoms with Gasteiger partial charge in [-0.05, 0) is 57.8 Å². The van der Waals surface area contributed by atoms with E-state index in [2.05, 4.69) is 50.3 Å². The molecule has 0 amide bonds. The van der Waals surface area contributed by atoms with E-state index in [1.54, 1.807) is 0 Å². The van der Waals surface area contributed by atoms with E-state index in [9.17, 15) is 19.0 Å². The lowest BCUT2D eigenvalue weighted by atomic mass is 10.0. The molecule has 0 rings (SSSR count). The molecule has 10 heteroatoms.